The van der Waals surface area contributed by atoms with Gasteiger partial charge in [-0.15, -0.1) is 0 Å². The van der Waals surface area contributed by atoms with Crippen LogP contribution < -0.4 is 0 Å². The van der Waals surface area contributed by atoms with Gasteiger partial charge in [-0.2, -0.15) is 0 Å². The first-order chi connectivity index (χ1) is 16.3. The highest BCUT2D eigenvalue weighted by Crippen LogP contribution is 2.28. The quantitative estimate of drug-likeness (QED) is 0.632. The van der Waals surface area contributed by atoms with E-state index in [0.717, 1.165) is 43.9 Å². The van der Waals surface area contributed by atoms with Crippen molar-refractivity contribution < 1.29 is 9.84 Å². The number of aromatic nitrogens is 1. The van der Waals surface area contributed by atoms with Crippen molar-refractivity contribution in [3.8, 4) is 11.3 Å². The maximum atomic E-state index is 11.3. The lowest BCUT2D eigenvalue weighted by Crippen LogP contribution is -2.48. The molecule has 2 aliphatic heterocycles. The number of rotatable bonds is 5. The van der Waals surface area contributed by atoms with E-state index in [-0.39, 0.29) is 5.60 Å². The van der Waals surface area contributed by atoms with Crippen LogP contribution in [0.25, 0.3) is 11.3 Å². The van der Waals surface area contributed by atoms with Crippen LogP contribution in [0, 0.1) is 0 Å². The van der Waals surface area contributed by atoms with E-state index >= 15 is 0 Å². The minimum Gasteiger partial charge on any atom is -0.475 e. The second kappa shape index (κ2) is 11.6. The summed E-state index contributed by atoms with van der Waals surface area (Å²) in [6.45, 7) is 13.1. The number of hydrogen-bond acceptors (Lipinski definition) is 5. The minimum atomic E-state index is -0.702. The van der Waals surface area contributed by atoms with Gasteiger partial charge in [0.25, 0.3) is 0 Å². The lowest BCUT2D eigenvalue weighted by atomic mass is 9.91. The van der Waals surface area contributed by atoms with E-state index in [1.807, 2.05) is 52.8 Å². The Bertz CT molecular complexity index is 991. The molecular formula is C28H40N4O2. The molecule has 1 fully saturated rings. The maximum absolute atomic E-state index is 11.3. The molecule has 0 bridgehead atoms. The zero-order valence-electron chi connectivity index (χ0n) is 21.4. The molecule has 4 rings (SSSR count). The fraction of sp³-hybridized carbons (Fsp3) is 0.500. The van der Waals surface area contributed by atoms with Crippen molar-refractivity contribution in [2.24, 2.45) is 9.98 Å². The summed E-state index contributed by atoms with van der Waals surface area (Å²) in [6.07, 6.45) is 7.60. The van der Waals surface area contributed by atoms with Crippen molar-refractivity contribution in [3.05, 3.63) is 61.1 Å². The summed E-state index contributed by atoms with van der Waals surface area (Å²) in [5, 5.41) is 11.3. The van der Waals surface area contributed by atoms with E-state index in [9.17, 15) is 5.11 Å². The lowest BCUT2D eigenvalue weighted by molar-refractivity contribution is -0.0308. The predicted molar refractivity (Wildman–Crippen MR) is 141 cm³/mol. The molecule has 6 heteroatoms. The second-order valence-corrected chi connectivity index (χ2v) is 9.80. The number of nitrogens with zero attached hydrogens (tertiary/aromatic N) is 4. The predicted octanol–water partition coefficient (Wildman–Crippen LogP) is 5.54. The smallest absolute Gasteiger partial charge is 0.194 e. The average Bonchev–Trinajstić information content (AvgIpc) is 3.15. The Kier molecular flexibility index (Phi) is 8.86. The molecule has 1 aromatic heterocycles. The molecule has 0 atom stereocenters. The van der Waals surface area contributed by atoms with Crippen molar-refractivity contribution in [1.29, 1.82) is 0 Å². The van der Waals surface area contributed by atoms with E-state index in [0.29, 0.717) is 18.9 Å². The Morgan fingerprint density at radius 1 is 0.971 bits per heavy atom. The normalized spacial score (nSPS) is 18.3. The summed E-state index contributed by atoms with van der Waals surface area (Å²) < 4.78 is 8.15. The molecule has 6 nitrogen and oxygen atoms in total. The third kappa shape index (κ3) is 7.40. The van der Waals surface area contributed by atoms with Gasteiger partial charge in [0, 0.05) is 49.6 Å². The number of benzene rings is 1. The Labute approximate surface area is 204 Å². The van der Waals surface area contributed by atoms with Crippen LogP contribution in [-0.4, -0.2) is 57.0 Å². The van der Waals surface area contributed by atoms with Crippen molar-refractivity contribution >= 4 is 11.6 Å². The summed E-state index contributed by atoms with van der Waals surface area (Å²) in [5.41, 5.74) is 2.39. The standard InChI is InChI=1S/C26H34N4O2.C2H6/c1-25(2,3)32-24-18-22(27-13-14-28-24)19-29-16-11-26(31,12-17-29)20-30-15-7-10-23(30)21-8-5-4-6-9-21;1-2/h4-10,13-15,31H,11-12,16-20H2,1-3H3;1-2H3. The third-order valence-electron chi connectivity index (χ3n) is 5.88. The molecule has 0 saturated carbocycles. The first-order valence-electron chi connectivity index (χ1n) is 12.4. The molecule has 0 spiro atoms. The van der Waals surface area contributed by atoms with Crippen LogP contribution in [-0.2, 0) is 11.3 Å². The maximum Gasteiger partial charge on any atom is 0.194 e. The summed E-state index contributed by atoms with van der Waals surface area (Å²) >= 11 is 0. The van der Waals surface area contributed by atoms with Gasteiger partial charge >= 0.3 is 0 Å². The fourth-order valence-corrected chi connectivity index (χ4v) is 4.32. The molecule has 0 unspecified atom stereocenters. The fourth-order valence-electron chi connectivity index (χ4n) is 4.32. The third-order valence-corrected chi connectivity index (χ3v) is 5.88. The Morgan fingerprint density at radius 2 is 1.65 bits per heavy atom. The number of ether oxygens (including phenoxy) is 1. The average molecular weight is 465 g/mol. The molecular weight excluding hydrogens is 424 g/mol. The van der Waals surface area contributed by atoms with Gasteiger partial charge in [0.15, 0.2) is 5.90 Å². The molecule has 1 aromatic carbocycles. The highest BCUT2D eigenvalue weighted by Gasteiger charge is 2.33. The van der Waals surface area contributed by atoms with E-state index in [1.54, 1.807) is 12.4 Å². The molecule has 0 radical (unpaired) electrons. The van der Waals surface area contributed by atoms with Gasteiger partial charge in [-0.25, -0.2) is 4.99 Å². The summed E-state index contributed by atoms with van der Waals surface area (Å²) in [6, 6.07) is 14.5. The van der Waals surface area contributed by atoms with Crippen LogP contribution in [0.5, 0.6) is 0 Å². The van der Waals surface area contributed by atoms with Gasteiger partial charge in [-0.1, -0.05) is 44.2 Å². The molecule has 2 aliphatic rings. The van der Waals surface area contributed by atoms with E-state index in [4.69, 9.17) is 4.74 Å². The van der Waals surface area contributed by atoms with Crippen LogP contribution >= 0.6 is 0 Å². The largest absolute Gasteiger partial charge is 0.475 e. The van der Waals surface area contributed by atoms with Crippen molar-refractivity contribution in [3.63, 3.8) is 0 Å². The van der Waals surface area contributed by atoms with Crippen molar-refractivity contribution in [2.75, 3.05) is 19.6 Å². The molecule has 0 amide bonds. The summed E-state index contributed by atoms with van der Waals surface area (Å²) in [7, 11) is 0. The molecule has 34 heavy (non-hydrogen) atoms. The van der Waals surface area contributed by atoms with Gasteiger partial charge in [0.05, 0.1) is 18.6 Å². The number of piperidine rings is 1. The molecule has 0 aliphatic carbocycles. The van der Waals surface area contributed by atoms with Crippen LogP contribution in [0.15, 0.2) is 71.0 Å². The van der Waals surface area contributed by atoms with Gasteiger partial charge in [-0.05, 0) is 51.3 Å². The first-order valence-corrected chi connectivity index (χ1v) is 12.4. The van der Waals surface area contributed by atoms with Crippen LogP contribution in [0.1, 0.15) is 53.9 Å². The molecule has 1 saturated heterocycles. The number of aliphatic hydroxyl groups is 1. The number of aliphatic imine (C=N–C) groups is 2. The number of likely N-dealkylation sites (tertiary alicyclic amines) is 1. The molecule has 2 aromatic rings. The van der Waals surface area contributed by atoms with E-state index in [2.05, 4.69) is 49.9 Å². The van der Waals surface area contributed by atoms with Gasteiger partial charge in [0.2, 0.25) is 0 Å². The Hall–Kier alpha value is -2.70. The summed E-state index contributed by atoms with van der Waals surface area (Å²) in [4.78, 5) is 11.3. The first kappa shape index (κ1) is 25.9. The van der Waals surface area contributed by atoms with Gasteiger partial charge in [0.1, 0.15) is 5.60 Å². The second-order valence-electron chi connectivity index (χ2n) is 9.80. The highest BCUT2D eigenvalue weighted by molar-refractivity contribution is 6.03. The Balaban J connectivity index is 0.00000158. The van der Waals surface area contributed by atoms with Crippen LogP contribution in [0.3, 0.4) is 0 Å². The molecule has 184 valence electrons. The minimum absolute atomic E-state index is 0.277. The SMILES string of the molecule is CC.CC(C)(C)OC1=NC=CN=C(CN2CCC(O)(Cn3cccc3-c3ccccc3)CC2)C1. The van der Waals surface area contributed by atoms with Gasteiger partial charge < -0.3 is 14.4 Å². The van der Waals surface area contributed by atoms with Gasteiger partial charge in [-0.3, -0.25) is 9.89 Å². The lowest BCUT2D eigenvalue weighted by Gasteiger charge is -2.39. The zero-order valence-corrected chi connectivity index (χ0v) is 21.4. The molecule has 3 heterocycles. The van der Waals surface area contributed by atoms with Crippen molar-refractivity contribution in [2.45, 2.75) is 71.6 Å². The number of hydrogen-bond donors (Lipinski definition) is 1. The van der Waals surface area contributed by atoms with E-state index in [1.165, 1.54) is 5.56 Å². The van der Waals surface area contributed by atoms with Crippen LogP contribution in [0.4, 0.5) is 0 Å². The Morgan fingerprint density at radius 3 is 2.32 bits per heavy atom. The zero-order chi connectivity index (χ0) is 24.6. The topological polar surface area (TPSA) is 62.4 Å². The van der Waals surface area contributed by atoms with Crippen LogP contribution in [0.2, 0.25) is 0 Å². The van der Waals surface area contributed by atoms with E-state index < -0.39 is 5.60 Å². The monoisotopic (exact) mass is 464 g/mol. The van der Waals surface area contributed by atoms with Crippen molar-refractivity contribution in [1.82, 2.24) is 9.47 Å². The summed E-state index contributed by atoms with van der Waals surface area (Å²) in [5.74, 6) is 0.708. The molecule has 1 N–H and O–H groups in total. The highest BCUT2D eigenvalue weighted by atomic mass is 16.5.